The zero-order chi connectivity index (χ0) is 24.6. The SMILES string of the molecule is COc1cc(/C=N/NC(=O)c2ccc(CN3CCN(c4ccccc4)CC3)cc2)cc(Br)c1OC. The summed E-state index contributed by atoms with van der Waals surface area (Å²) >= 11 is 3.45. The third-order valence-corrected chi connectivity index (χ3v) is 6.54. The topological polar surface area (TPSA) is 66.4 Å². The van der Waals surface area contributed by atoms with Crippen molar-refractivity contribution in [3.8, 4) is 11.5 Å². The molecule has 0 bridgehead atoms. The smallest absolute Gasteiger partial charge is 0.271 e. The second-order valence-corrected chi connectivity index (χ2v) is 9.09. The Balaban J connectivity index is 1.28. The number of benzene rings is 3. The standard InChI is InChI=1S/C27H29BrN4O3/c1-34-25-17-21(16-24(28)26(25)35-2)18-29-30-27(33)22-10-8-20(9-11-22)19-31-12-14-32(15-13-31)23-6-4-3-5-7-23/h3-11,16-18H,12-15,19H2,1-2H3,(H,30,33)/b29-18+. The number of piperazine rings is 1. The average molecular weight is 537 g/mol. The predicted octanol–water partition coefficient (Wildman–Crippen LogP) is 4.55. The number of ether oxygens (including phenoxy) is 2. The first kappa shape index (κ1) is 24.8. The fourth-order valence-electron chi connectivity index (χ4n) is 4.07. The number of carbonyl (C=O) groups is 1. The lowest BCUT2D eigenvalue weighted by atomic mass is 10.1. The largest absolute Gasteiger partial charge is 0.493 e. The van der Waals surface area contributed by atoms with Gasteiger partial charge in [-0.2, -0.15) is 5.10 Å². The van der Waals surface area contributed by atoms with Crippen LogP contribution in [-0.4, -0.2) is 57.4 Å². The lowest BCUT2D eigenvalue weighted by molar-refractivity contribution is 0.0955. The minimum atomic E-state index is -0.260. The highest BCUT2D eigenvalue weighted by atomic mass is 79.9. The molecule has 1 fully saturated rings. The van der Waals surface area contributed by atoms with E-state index in [0.717, 1.165) is 42.8 Å². The predicted molar refractivity (Wildman–Crippen MR) is 143 cm³/mol. The Morgan fingerprint density at radius 2 is 1.71 bits per heavy atom. The molecule has 3 aromatic rings. The first-order valence-corrected chi connectivity index (χ1v) is 12.2. The minimum absolute atomic E-state index is 0.260. The number of methoxy groups -OCH3 is 2. The number of hydrazone groups is 1. The maximum atomic E-state index is 12.5. The molecule has 8 heteroatoms. The lowest BCUT2D eigenvalue weighted by Gasteiger charge is -2.36. The Labute approximate surface area is 214 Å². The Hall–Kier alpha value is -3.36. The molecule has 182 valence electrons. The number of carbonyl (C=O) groups excluding carboxylic acids is 1. The number of halogens is 1. The molecule has 1 saturated heterocycles. The lowest BCUT2D eigenvalue weighted by Crippen LogP contribution is -2.45. The van der Waals surface area contributed by atoms with Gasteiger partial charge in [-0.15, -0.1) is 0 Å². The van der Waals surface area contributed by atoms with Crippen molar-refractivity contribution >= 4 is 33.7 Å². The van der Waals surface area contributed by atoms with Crippen molar-refractivity contribution in [1.29, 1.82) is 0 Å². The van der Waals surface area contributed by atoms with Crippen molar-refractivity contribution in [2.45, 2.75) is 6.54 Å². The third-order valence-electron chi connectivity index (χ3n) is 5.95. The molecule has 1 N–H and O–H groups in total. The first-order valence-electron chi connectivity index (χ1n) is 11.4. The van der Waals surface area contributed by atoms with Gasteiger partial charge in [-0.1, -0.05) is 30.3 Å². The highest BCUT2D eigenvalue weighted by molar-refractivity contribution is 9.10. The molecule has 35 heavy (non-hydrogen) atoms. The van der Waals surface area contributed by atoms with Gasteiger partial charge in [0.25, 0.3) is 5.91 Å². The molecule has 3 aromatic carbocycles. The quantitative estimate of drug-likeness (QED) is 0.338. The molecule has 0 atom stereocenters. The van der Waals surface area contributed by atoms with Crippen LogP contribution >= 0.6 is 15.9 Å². The molecule has 0 aliphatic carbocycles. The normalized spacial score (nSPS) is 14.2. The van der Waals surface area contributed by atoms with Gasteiger partial charge in [-0.25, -0.2) is 5.43 Å². The van der Waals surface area contributed by atoms with Crippen molar-refractivity contribution in [3.63, 3.8) is 0 Å². The van der Waals surface area contributed by atoms with Crippen LogP contribution in [0.3, 0.4) is 0 Å². The van der Waals surface area contributed by atoms with Crippen LogP contribution < -0.4 is 19.8 Å². The van der Waals surface area contributed by atoms with Gasteiger partial charge in [0.1, 0.15) is 0 Å². The van der Waals surface area contributed by atoms with Crippen LogP contribution in [0.5, 0.6) is 11.5 Å². The molecular formula is C27H29BrN4O3. The first-order chi connectivity index (χ1) is 17.1. The van der Waals surface area contributed by atoms with E-state index in [0.29, 0.717) is 17.1 Å². The maximum Gasteiger partial charge on any atom is 0.271 e. The van der Waals surface area contributed by atoms with E-state index in [1.54, 1.807) is 26.5 Å². The molecule has 0 aromatic heterocycles. The van der Waals surface area contributed by atoms with Crippen LogP contribution in [0.4, 0.5) is 5.69 Å². The summed E-state index contributed by atoms with van der Waals surface area (Å²) in [5.41, 5.74) is 6.38. The number of amides is 1. The van der Waals surface area contributed by atoms with E-state index in [2.05, 4.69) is 60.5 Å². The molecule has 0 unspecified atom stereocenters. The zero-order valence-corrected chi connectivity index (χ0v) is 21.5. The van der Waals surface area contributed by atoms with Crippen molar-refractivity contribution in [2.75, 3.05) is 45.3 Å². The number of para-hydroxylation sites is 1. The number of hydrogen-bond donors (Lipinski definition) is 1. The van der Waals surface area contributed by atoms with Crippen LogP contribution in [0.15, 0.2) is 76.3 Å². The fraction of sp³-hybridized carbons (Fsp3) is 0.259. The monoisotopic (exact) mass is 536 g/mol. The summed E-state index contributed by atoms with van der Waals surface area (Å²) in [7, 11) is 3.15. The zero-order valence-electron chi connectivity index (χ0n) is 19.9. The molecule has 1 aliphatic rings. The molecule has 0 radical (unpaired) electrons. The van der Waals surface area contributed by atoms with Crippen molar-refractivity contribution in [2.24, 2.45) is 5.10 Å². The molecular weight excluding hydrogens is 508 g/mol. The fourth-order valence-corrected chi connectivity index (χ4v) is 4.69. The van der Waals surface area contributed by atoms with Gasteiger partial charge < -0.3 is 14.4 Å². The minimum Gasteiger partial charge on any atom is -0.493 e. The molecule has 4 rings (SSSR count). The van der Waals surface area contributed by atoms with Crippen LogP contribution in [0.1, 0.15) is 21.5 Å². The average Bonchev–Trinajstić information content (AvgIpc) is 2.89. The summed E-state index contributed by atoms with van der Waals surface area (Å²) in [4.78, 5) is 17.4. The Morgan fingerprint density at radius 1 is 1.00 bits per heavy atom. The molecule has 1 amide bonds. The van der Waals surface area contributed by atoms with E-state index < -0.39 is 0 Å². The highest BCUT2D eigenvalue weighted by Gasteiger charge is 2.17. The van der Waals surface area contributed by atoms with E-state index in [9.17, 15) is 4.79 Å². The van der Waals surface area contributed by atoms with Gasteiger partial charge >= 0.3 is 0 Å². The van der Waals surface area contributed by atoms with Crippen LogP contribution in [0, 0.1) is 0 Å². The molecule has 0 saturated carbocycles. The molecule has 0 spiro atoms. The van der Waals surface area contributed by atoms with Crippen LogP contribution in [0.25, 0.3) is 0 Å². The van der Waals surface area contributed by atoms with Crippen LogP contribution in [-0.2, 0) is 6.54 Å². The van der Waals surface area contributed by atoms with Gasteiger partial charge in [0, 0.05) is 44.0 Å². The van der Waals surface area contributed by atoms with Crippen molar-refractivity contribution in [1.82, 2.24) is 10.3 Å². The Morgan fingerprint density at radius 3 is 2.37 bits per heavy atom. The number of rotatable bonds is 8. The van der Waals surface area contributed by atoms with E-state index in [1.165, 1.54) is 11.3 Å². The van der Waals surface area contributed by atoms with E-state index in [4.69, 9.17) is 9.47 Å². The van der Waals surface area contributed by atoms with E-state index >= 15 is 0 Å². The summed E-state index contributed by atoms with van der Waals surface area (Å²) in [6.07, 6.45) is 1.56. The van der Waals surface area contributed by atoms with Gasteiger partial charge in [0.15, 0.2) is 11.5 Å². The Kier molecular flexibility index (Phi) is 8.39. The van der Waals surface area contributed by atoms with E-state index in [-0.39, 0.29) is 5.91 Å². The second-order valence-electron chi connectivity index (χ2n) is 8.23. The second kappa shape index (κ2) is 11.9. The number of nitrogens with one attached hydrogen (secondary N) is 1. The Bertz CT molecular complexity index is 1160. The molecule has 1 heterocycles. The summed E-state index contributed by atoms with van der Waals surface area (Å²) < 4.78 is 11.4. The third kappa shape index (κ3) is 6.41. The summed E-state index contributed by atoms with van der Waals surface area (Å²) in [5.74, 6) is 0.919. The van der Waals surface area contributed by atoms with Gasteiger partial charge in [-0.3, -0.25) is 9.69 Å². The number of anilines is 1. The van der Waals surface area contributed by atoms with Gasteiger partial charge in [0.05, 0.1) is 24.9 Å². The summed E-state index contributed by atoms with van der Waals surface area (Å²) in [6.45, 7) is 4.92. The maximum absolute atomic E-state index is 12.5. The van der Waals surface area contributed by atoms with Crippen LogP contribution in [0.2, 0.25) is 0 Å². The van der Waals surface area contributed by atoms with Crippen molar-refractivity contribution < 1.29 is 14.3 Å². The van der Waals surface area contributed by atoms with Crippen molar-refractivity contribution in [3.05, 3.63) is 87.9 Å². The van der Waals surface area contributed by atoms with Gasteiger partial charge in [-0.05, 0) is 63.5 Å². The number of nitrogens with zero attached hydrogens (tertiary/aromatic N) is 3. The number of hydrogen-bond acceptors (Lipinski definition) is 6. The molecule has 7 nitrogen and oxygen atoms in total. The van der Waals surface area contributed by atoms with E-state index in [1.807, 2.05) is 36.4 Å². The van der Waals surface area contributed by atoms with Gasteiger partial charge in [0.2, 0.25) is 0 Å². The molecule has 1 aliphatic heterocycles. The highest BCUT2D eigenvalue weighted by Crippen LogP contribution is 2.35. The summed E-state index contributed by atoms with van der Waals surface area (Å²) in [5, 5.41) is 4.08. The summed E-state index contributed by atoms with van der Waals surface area (Å²) in [6, 6.07) is 21.9.